The van der Waals surface area contributed by atoms with Crippen molar-refractivity contribution in [3.63, 3.8) is 0 Å². The van der Waals surface area contributed by atoms with Gasteiger partial charge < -0.3 is 10.1 Å². The molecule has 1 aromatic heterocycles. The van der Waals surface area contributed by atoms with E-state index >= 15 is 0 Å². The van der Waals surface area contributed by atoms with Crippen LogP contribution in [0.15, 0.2) is 29.6 Å². The van der Waals surface area contributed by atoms with E-state index in [4.69, 9.17) is 4.74 Å². The predicted octanol–water partition coefficient (Wildman–Crippen LogP) is 3.81. The number of benzene rings is 1. The van der Waals surface area contributed by atoms with Gasteiger partial charge in [-0.2, -0.15) is 0 Å². The zero-order valence-corrected chi connectivity index (χ0v) is 11.6. The minimum Gasteiger partial charge on any atom is -0.493 e. The van der Waals surface area contributed by atoms with Crippen molar-refractivity contribution >= 4 is 11.3 Å². The van der Waals surface area contributed by atoms with Gasteiger partial charge in [0.25, 0.3) is 0 Å². The molecule has 1 atom stereocenters. The largest absolute Gasteiger partial charge is 0.493 e. The van der Waals surface area contributed by atoms with Crippen LogP contribution in [0.4, 0.5) is 4.39 Å². The summed E-state index contributed by atoms with van der Waals surface area (Å²) in [5, 5.41) is 5.61. The molecule has 1 aliphatic heterocycles. The molecule has 1 aliphatic rings. The number of nitrogens with one attached hydrogen (secondary N) is 1. The van der Waals surface area contributed by atoms with Crippen molar-refractivity contribution in [1.82, 2.24) is 5.32 Å². The van der Waals surface area contributed by atoms with Crippen molar-refractivity contribution < 1.29 is 9.13 Å². The summed E-state index contributed by atoms with van der Waals surface area (Å²) >= 11 is 1.75. The van der Waals surface area contributed by atoms with Gasteiger partial charge in [-0.25, -0.2) is 4.39 Å². The first-order valence-electron chi connectivity index (χ1n) is 6.42. The molecule has 0 bridgehead atoms. The molecule has 2 heterocycles. The molecule has 0 saturated heterocycles. The highest BCUT2D eigenvalue weighted by atomic mass is 32.1. The number of aryl methyl sites for hydroxylation is 1. The van der Waals surface area contributed by atoms with Gasteiger partial charge in [0.1, 0.15) is 11.6 Å². The maximum Gasteiger partial charge on any atom is 0.124 e. The summed E-state index contributed by atoms with van der Waals surface area (Å²) in [4.78, 5) is 1.33. The Morgan fingerprint density at radius 1 is 1.42 bits per heavy atom. The number of thiophene rings is 1. The highest BCUT2D eigenvalue weighted by Crippen LogP contribution is 2.32. The third-order valence-electron chi connectivity index (χ3n) is 3.52. The smallest absolute Gasteiger partial charge is 0.124 e. The maximum atomic E-state index is 13.4. The lowest BCUT2D eigenvalue weighted by Crippen LogP contribution is -2.27. The molecular formula is C15H16FNOS. The fourth-order valence-corrected chi connectivity index (χ4v) is 3.13. The minimum absolute atomic E-state index is 0.166. The molecule has 0 aliphatic carbocycles. The Labute approximate surface area is 116 Å². The summed E-state index contributed by atoms with van der Waals surface area (Å²) in [5.41, 5.74) is 2.24. The van der Waals surface area contributed by atoms with E-state index in [9.17, 15) is 4.39 Å². The third-order valence-corrected chi connectivity index (χ3v) is 4.40. The zero-order chi connectivity index (χ0) is 13.2. The first-order chi connectivity index (χ1) is 9.24. The van der Waals surface area contributed by atoms with Crippen molar-refractivity contribution in [2.45, 2.75) is 25.9 Å². The zero-order valence-electron chi connectivity index (χ0n) is 10.8. The van der Waals surface area contributed by atoms with Crippen LogP contribution in [0.3, 0.4) is 0 Å². The van der Waals surface area contributed by atoms with Gasteiger partial charge in [0.05, 0.1) is 6.61 Å². The Bertz CT molecular complexity index is 581. The molecule has 0 saturated carbocycles. The molecule has 1 N–H and O–H groups in total. The van der Waals surface area contributed by atoms with Crippen molar-refractivity contribution in [1.29, 1.82) is 0 Å². The molecule has 3 rings (SSSR count). The number of hydrogen-bond donors (Lipinski definition) is 1. The van der Waals surface area contributed by atoms with Gasteiger partial charge in [0.2, 0.25) is 0 Å². The van der Waals surface area contributed by atoms with Crippen LogP contribution in [0, 0.1) is 12.7 Å². The van der Waals surface area contributed by atoms with E-state index in [1.165, 1.54) is 16.5 Å². The van der Waals surface area contributed by atoms with Crippen molar-refractivity contribution in [3.05, 3.63) is 51.5 Å². The lowest BCUT2D eigenvalue weighted by Gasteiger charge is -2.26. The normalized spacial score (nSPS) is 17.9. The number of rotatable bonds is 3. The van der Waals surface area contributed by atoms with Gasteiger partial charge >= 0.3 is 0 Å². The predicted molar refractivity (Wildman–Crippen MR) is 75.1 cm³/mol. The summed E-state index contributed by atoms with van der Waals surface area (Å²) in [6.45, 7) is 3.62. The average molecular weight is 277 g/mol. The number of ether oxygens (including phenoxy) is 1. The first-order valence-corrected chi connectivity index (χ1v) is 7.30. The molecule has 2 aromatic rings. The van der Waals surface area contributed by atoms with Gasteiger partial charge in [-0.15, -0.1) is 11.3 Å². The van der Waals surface area contributed by atoms with Crippen molar-refractivity contribution in [3.8, 4) is 5.75 Å². The number of halogens is 1. The summed E-state index contributed by atoms with van der Waals surface area (Å²) in [6, 6.07) is 7.04. The van der Waals surface area contributed by atoms with Crippen LogP contribution >= 0.6 is 11.3 Å². The summed E-state index contributed by atoms with van der Waals surface area (Å²) in [5.74, 6) is 0.593. The van der Waals surface area contributed by atoms with E-state index in [1.54, 1.807) is 23.5 Å². The summed E-state index contributed by atoms with van der Waals surface area (Å²) in [7, 11) is 0. The molecule has 2 nitrogen and oxygen atoms in total. The Morgan fingerprint density at radius 3 is 3.11 bits per heavy atom. The Morgan fingerprint density at radius 2 is 2.32 bits per heavy atom. The van der Waals surface area contributed by atoms with E-state index in [0.29, 0.717) is 6.61 Å². The second-order valence-corrected chi connectivity index (χ2v) is 5.88. The van der Waals surface area contributed by atoms with E-state index in [2.05, 4.69) is 23.7 Å². The van der Waals surface area contributed by atoms with Crippen LogP contribution in [0.25, 0.3) is 0 Å². The van der Waals surface area contributed by atoms with Crippen LogP contribution in [-0.2, 0) is 6.54 Å². The molecule has 1 unspecified atom stereocenters. The Hall–Kier alpha value is -1.39. The van der Waals surface area contributed by atoms with Crippen LogP contribution < -0.4 is 10.1 Å². The third kappa shape index (κ3) is 2.65. The number of hydrogen-bond acceptors (Lipinski definition) is 3. The van der Waals surface area contributed by atoms with Crippen molar-refractivity contribution in [2.24, 2.45) is 0 Å². The van der Waals surface area contributed by atoms with Gasteiger partial charge in [0, 0.05) is 29.4 Å². The van der Waals surface area contributed by atoms with Gasteiger partial charge in [-0.05, 0) is 42.1 Å². The van der Waals surface area contributed by atoms with Gasteiger partial charge in [0.15, 0.2) is 0 Å². The van der Waals surface area contributed by atoms with Gasteiger partial charge in [-0.3, -0.25) is 0 Å². The molecule has 100 valence electrons. The Balaban J connectivity index is 1.76. The van der Waals surface area contributed by atoms with E-state index in [0.717, 1.165) is 24.3 Å². The highest BCUT2D eigenvalue weighted by molar-refractivity contribution is 7.10. The fourth-order valence-electron chi connectivity index (χ4n) is 2.41. The lowest BCUT2D eigenvalue weighted by atomic mass is 10.00. The van der Waals surface area contributed by atoms with Crippen LogP contribution in [0.1, 0.15) is 28.5 Å². The monoisotopic (exact) mass is 277 g/mol. The molecule has 19 heavy (non-hydrogen) atoms. The topological polar surface area (TPSA) is 21.3 Å². The molecule has 0 amide bonds. The molecule has 4 heteroatoms. The lowest BCUT2D eigenvalue weighted by molar-refractivity contribution is 0.251. The molecule has 0 fully saturated rings. The Kier molecular flexibility index (Phi) is 3.53. The second kappa shape index (κ2) is 5.31. The van der Waals surface area contributed by atoms with Crippen LogP contribution in [0.5, 0.6) is 5.75 Å². The highest BCUT2D eigenvalue weighted by Gasteiger charge is 2.21. The summed E-state index contributed by atoms with van der Waals surface area (Å²) in [6.07, 6.45) is 0.875. The quantitative estimate of drug-likeness (QED) is 0.921. The van der Waals surface area contributed by atoms with Crippen molar-refractivity contribution in [2.75, 3.05) is 6.61 Å². The number of fused-ring (bicyclic) bond motifs is 1. The van der Waals surface area contributed by atoms with Crippen LogP contribution in [-0.4, -0.2) is 6.61 Å². The second-order valence-electron chi connectivity index (χ2n) is 4.75. The SMILES string of the molecule is Cc1sccc1CNC1CCOc2ccc(F)cc21. The molecule has 0 radical (unpaired) electrons. The van der Waals surface area contributed by atoms with Gasteiger partial charge in [-0.1, -0.05) is 0 Å². The van der Waals surface area contributed by atoms with Crippen LogP contribution in [0.2, 0.25) is 0 Å². The van der Waals surface area contributed by atoms with E-state index in [-0.39, 0.29) is 11.9 Å². The maximum absolute atomic E-state index is 13.4. The summed E-state index contributed by atoms with van der Waals surface area (Å²) < 4.78 is 18.9. The fraction of sp³-hybridized carbons (Fsp3) is 0.333. The molecule has 1 aromatic carbocycles. The first kappa shape index (κ1) is 12.6. The van der Waals surface area contributed by atoms with E-state index < -0.39 is 0 Å². The molecular weight excluding hydrogens is 261 g/mol. The standard InChI is InChI=1S/C15H16FNOS/c1-10-11(5-7-19-10)9-17-14-4-6-18-15-3-2-12(16)8-13(14)15/h2-3,5,7-8,14,17H,4,6,9H2,1H3. The average Bonchev–Trinajstić information content (AvgIpc) is 2.82. The minimum atomic E-state index is -0.206. The molecule has 0 spiro atoms. The van der Waals surface area contributed by atoms with E-state index in [1.807, 2.05) is 0 Å².